The molecule has 0 spiro atoms. The Kier molecular flexibility index (Phi) is 6.57. The van der Waals surface area contributed by atoms with Gasteiger partial charge < -0.3 is 19.7 Å². The quantitative estimate of drug-likeness (QED) is 0.698. The highest BCUT2D eigenvalue weighted by molar-refractivity contribution is 6.33. The Morgan fingerprint density at radius 2 is 2.03 bits per heavy atom. The van der Waals surface area contributed by atoms with Crippen molar-refractivity contribution in [3.8, 4) is 11.3 Å². The SMILES string of the molecule is O=C1c2cc(-c3nc(NC4CCOCC4)ncc3Cl)ccc2CN1CCC1CCCCO1. The van der Waals surface area contributed by atoms with Crippen molar-refractivity contribution in [2.45, 2.75) is 57.2 Å². The van der Waals surface area contributed by atoms with Crippen molar-refractivity contribution in [2.75, 3.05) is 31.7 Å². The number of halogens is 1. The molecule has 2 aromatic rings. The maximum Gasteiger partial charge on any atom is 0.254 e. The van der Waals surface area contributed by atoms with Gasteiger partial charge >= 0.3 is 0 Å². The van der Waals surface area contributed by atoms with Crippen molar-refractivity contribution in [3.05, 3.63) is 40.5 Å². The molecule has 7 nitrogen and oxygen atoms in total. The summed E-state index contributed by atoms with van der Waals surface area (Å²) in [5, 5.41) is 3.86. The molecule has 1 aromatic carbocycles. The fraction of sp³-hybridized carbons (Fsp3) is 0.542. The van der Waals surface area contributed by atoms with Crippen LogP contribution in [0.5, 0.6) is 0 Å². The first kappa shape index (κ1) is 21.6. The van der Waals surface area contributed by atoms with Crippen LogP contribution in [0.15, 0.2) is 24.4 Å². The van der Waals surface area contributed by atoms with E-state index < -0.39 is 0 Å². The highest BCUT2D eigenvalue weighted by Gasteiger charge is 2.29. The van der Waals surface area contributed by atoms with E-state index in [0.29, 0.717) is 29.3 Å². The van der Waals surface area contributed by atoms with Gasteiger partial charge in [0.05, 0.1) is 23.0 Å². The van der Waals surface area contributed by atoms with Crippen LogP contribution in [0.2, 0.25) is 5.02 Å². The highest BCUT2D eigenvalue weighted by Crippen LogP contribution is 2.32. The van der Waals surface area contributed by atoms with Crippen molar-refractivity contribution >= 4 is 23.5 Å². The Bertz CT molecular complexity index is 974. The van der Waals surface area contributed by atoms with Crippen LogP contribution in [0.25, 0.3) is 11.3 Å². The second kappa shape index (κ2) is 9.73. The Morgan fingerprint density at radius 1 is 1.16 bits per heavy atom. The summed E-state index contributed by atoms with van der Waals surface area (Å²) in [4.78, 5) is 24.0. The molecule has 0 bridgehead atoms. The number of rotatable bonds is 6. The van der Waals surface area contributed by atoms with E-state index in [1.165, 1.54) is 6.42 Å². The maximum absolute atomic E-state index is 13.1. The van der Waals surface area contributed by atoms with Crippen molar-refractivity contribution in [1.29, 1.82) is 0 Å². The number of hydrogen-bond donors (Lipinski definition) is 1. The van der Waals surface area contributed by atoms with Crippen LogP contribution in [0.1, 0.15) is 54.4 Å². The number of amides is 1. The molecule has 1 atom stereocenters. The van der Waals surface area contributed by atoms with Crippen LogP contribution in [0.3, 0.4) is 0 Å². The third-order valence-corrected chi connectivity index (χ3v) is 6.83. The number of carbonyl (C=O) groups excluding carboxylic acids is 1. The molecular weight excluding hydrogens is 428 g/mol. The molecule has 8 heteroatoms. The monoisotopic (exact) mass is 456 g/mol. The first-order chi connectivity index (χ1) is 15.7. The Hall–Kier alpha value is -2.22. The zero-order chi connectivity index (χ0) is 21.9. The van der Waals surface area contributed by atoms with E-state index in [1.807, 2.05) is 23.1 Å². The lowest BCUT2D eigenvalue weighted by Gasteiger charge is -2.25. The summed E-state index contributed by atoms with van der Waals surface area (Å²) in [5.74, 6) is 0.626. The van der Waals surface area contributed by atoms with Crippen LogP contribution in [0, 0.1) is 0 Å². The minimum absolute atomic E-state index is 0.0726. The topological polar surface area (TPSA) is 76.6 Å². The molecule has 170 valence electrons. The number of hydrogen-bond acceptors (Lipinski definition) is 6. The summed E-state index contributed by atoms with van der Waals surface area (Å²) in [6.45, 7) is 3.70. The van der Waals surface area contributed by atoms with Gasteiger partial charge in [0.15, 0.2) is 0 Å². The summed E-state index contributed by atoms with van der Waals surface area (Å²) in [6, 6.07) is 6.22. The van der Waals surface area contributed by atoms with E-state index in [4.69, 9.17) is 21.1 Å². The smallest absolute Gasteiger partial charge is 0.254 e. The third-order valence-electron chi connectivity index (χ3n) is 6.56. The van der Waals surface area contributed by atoms with Crippen molar-refractivity contribution < 1.29 is 14.3 Å². The fourth-order valence-electron chi connectivity index (χ4n) is 4.69. The molecule has 0 saturated carbocycles. The van der Waals surface area contributed by atoms with Crippen molar-refractivity contribution in [2.24, 2.45) is 0 Å². The number of nitrogens with zero attached hydrogens (tertiary/aromatic N) is 3. The van der Waals surface area contributed by atoms with E-state index in [2.05, 4.69) is 15.3 Å². The minimum Gasteiger partial charge on any atom is -0.381 e. The summed E-state index contributed by atoms with van der Waals surface area (Å²) < 4.78 is 11.2. The predicted molar refractivity (Wildman–Crippen MR) is 123 cm³/mol. The molecule has 5 rings (SSSR count). The summed E-state index contributed by atoms with van der Waals surface area (Å²) in [6.07, 6.45) is 8.10. The molecule has 0 radical (unpaired) electrons. The van der Waals surface area contributed by atoms with Crippen LogP contribution in [0.4, 0.5) is 5.95 Å². The van der Waals surface area contributed by atoms with E-state index >= 15 is 0 Å². The average Bonchev–Trinajstić information content (AvgIpc) is 3.15. The van der Waals surface area contributed by atoms with Gasteiger partial charge in [0.25, 0.3) is 5.91 Å². The second-order valence-electron chi connectivity index (χ2n) is 8.80. The highest BCUT2D eigenvalue weighted by atomic mass is 35.5. The molecule has 3 aliphatic rings. The Balaban J connectivity index is 1.30. The van der Waals surface area contributed by atoms with Gasteiger partial charge in [-0.3, -0.25) is 4.79 Å². The van der Waals surface area contributed by atoms with E-state index in [1.54, 1.807) is 6.20 Å². The van der Waals surface area contributed by atoms with Crippen LogP contribution < -0.4 is 5.32 Å². The number of nitrogens with one attached hydrogen (secondary N) is 1. The average molecular weight is 457 g/mol. The molecule has 1 amide bonds. The third kappa shape index (κ3) is 4.75. The molecule has 2 saturated heterocycles. The minimum atomic E-state index is 0.0726. The van der Waals surface area contributed by atoms with Gasteiger partial charge in [-0.05, 0) is 50.2 Å². The van der Waals surface area contributed by atoms with Gasteiger partial charge in [-0.2, -0.15) is 0 Å². The Morgan fingerprint density at radius 3 is 2.84 bits per heavy atom. The normalized spacial score (nSPS) is 21.6. The first-order valence-corrected chi connectivity index (χ1v) is 12.0. The first-order valence-electron chi connectivity index (χ1n) is 11.6. The maximum atomic E-state index is 13.1. The van der Waals surface area contributed by atoms with Crippen molar-refractivity contribution in [1.82, 2.24) is 14.9 Å². The van der Waals surface area contributed by atoms with E-state index in [0.717, 1.165) is 75.2 Å². The molecule has 2 fully saturated rings. The summed E-state index contributed by atoms with van der Waals surface area (Å²) in [5.41, 5.74) is 3.26. The second-order valence-corrected chi connectivity index (χ2v) is 9.20. The number of carbonyl (C=O) groups is 1. The Labute approximate surface area is 193 Å². The largest absolute Gasteiger partial charge is 0.381 e. The van der Waals surface area contributed by atoms with Crippen molar-refractivity contribution in [3.63, 3.8) is 0 Å². The van der Waals surface area contributed by atoms with Gasteiger partial charge in [-0.1, -0.05) is 23.7 Å². The standard InChI is InChI=1S/C24H29ClN4O3/c25-21-14-26-24(27-18-7-11-31-12-8-18)28-22(21)16-4-5-17-15-29(23(30)20(17)13-16)9-6-19-3-1-2-10-32-19/h4-5,13-14,18-19H,1-3,6-12,15H2,(H,26,27,28). The van der Waals surface area contributed by atoms with Crippen LogP contribution in [-0.4, -0.2) is 59.3 Å². The van der Waals surface area contributed by atoms with Gasteiger partial charge in [0, 0.05) is 50.1 Å². The molecule has 1 aromatic heterocycles. The number of ether oxygens (including phenoxy) is 2. The summed E-state index contributed by atoms with van der Waals surface area (Å²) >= 11 is 6.44. The van der Waals surface area contributed by atoms with Gasteiger partial charge in [0.2, 0.25) is 5.95 Å². The molecule has 32 heavy (non-hydrogen) atoms. The number of fused-ring (bicyclic) bond motifs is 1. The molecule has 1 N–H and O–H groups in total. The van der Waals surface area contributed by atoms with E-state index in [-0.39, 0.29) is 12.0 Å². The lowest BCUT2D eigenvalue weighted by molar-refractivity contribution is 0.00606. The molecule has 3 aliphatic heterocycles. The zero-order valence-electron chi connectivity index (χ0n) is 18.2. The number of anilines is 1. The van der Waals surface area contributed by atoms with Crippen LogP contribution in [-0.2, 0) is 16.0 Å². The molecule has 0 aliphatic carbocycles. The molecule has 4 heterocycles. The lowest BCUT2D eigenvalue weighted by atomic mass is 10.0. The van der Waals surface area contributed by atoms with Crippen LogP contribution >= 0.6 is 11.6 Å². The number of aromatic nitrogens is 2. The van der Waals surface area contributed by atoms with E-state index in [9.17, 15) is 4.79 Å². The van der Waals surface area contributed by atoms with Gasteiger partial charge in [-0.15, -0.1) is 0 Å². The van der Waals surface area contributed by atoms with Gasteiger partial charge in [-0.25, -0.2) is 9.97 Å². The zero-order valence-corrected chi connectivity index (χ0v) is 18.9. The summed E-state index contributed by atoms with van der Waals surface area (Å²) in [7, 11) is 0. The van der Waals surface area contributed by atoms with Gasteiger partial charge in [0.1, 0.15) is 0 Å². The number of benzene rings is 1. The predicted octanol–water partition coefficient (Wildman–Crippen LogP) is 4.30. The molecule has 1 unspecified atom stereocenters. The molecular formula is C24H29ClN4O3. The fourth-order valence-corrected chi connectivity index (χ4v) is 4.89. The lowest BCUT2D eigenvalue weighted by Crippen LogP contribution is -2.29.